The Morgan fingerprint density at radius 1 is 1.21 bits per heavy atom. The van der Waals surface area contributed by atoms with Crippen LogP contribution in [0, 0.1) is 12.8 Å². The summed E-state index contributed by atoms with van der Waals surface area (Å²) in [6.45, 7) is 5.83. The highest BCUT2D eigenvalue weighted by Gasteiger charge is 2.43. The van der Waals surface area contributed by atoms with E-state index in [1.165, 1.54) is 12.8 Å². The smallest absolute Gasteiger partial charge is 0.265 e. The molecule has 0 unspecified atom stereocenters. The lowest BCUT2D eigenvalue weighted by Crippen LogP contribution is -2.64. The zero-order valence-corrected chi connectivity index (χ0v) is 16.3. The third kappa shape index (κ3) is 3.26. The van der Waals surface area contributed by atoms with Crippen molar-refractivity contribution in [3.8, 4) is 5.75 Å². The van der Waals surface area contributed by atoms with Crippen molar-refractivity contribution in [2.24, 2.45) is 5.92 Å². The Labute approximate surface area is 165 Å². The quantitative estimate of drug-likeness (QED) is 0.778. The second-order valence-electron chi connectivity index (χ2n) is 8.41. The summed E-state index contributed by atoms with van der Waals surface area (Å²) >= 11 is 0. The van der Waals surface area contributed by atoms with E-state index in [1.54, 1.807) is 4.90 Å². The summed E-state index contributed by atoms with van der Waals surface area (Å²) in [6, 6.07) is 6.52. The highest BCUT2D eigenvalue weighted by Crippen LogP contribution is 2.38. The number of morpholine rings is 1. The van der Waals surface area contributed by atoms with Gasteiger partial charge in [-0.3, -0.25) is 19.4 Å². The number of rotatable bonds is 3. The van der Waals surface area contributed by atoms with Crippen LogP contribution in [0.25, 0.3) is 0 Å². The SMILES string of the molecule is Cc1ccc2c(c1)N(CC(=O)N1CCN3[C@@H](COC[C@@H]3C3CC3)C1)C(=O)CO2. The molecule has 3 heterocycles. The zero-order chi connectivity index (χ0) is 19.3. The maximum Gasteiger partial charge on any atom is 0.265 e. The molecule has 3 aliphatic heterocycles. The minimum absolute atomic E-state index is 0.00379. The van der Waals surface area contributed by atoms with Gasteiger partial charge in [0.2, 0.25) is 5.91 Å². The van der Waals surface area contributed by atoms with E-state index < -0.39 is 0 Å². The lowest BCUT2D eigenvalue weighted by atomic mass is 10.0. The van der Waals surface area contributed by atoms with Crippen LogP contribution < -0.4 is 9.64 Å². The van der Waals surface area contributed by atoms with Crippen LogP contribution in [0.3, 0.4) is 0 Å². The Kier molecular flexibility index (Phi) is 4.51. The summed E-state index contributed by atoms with van der Waals surface area (Å²) < 4.78 is 11.4. The van der Waals surface area contributed by atoms with Gasteiger partial charge in [-0.25, -0.2) is 0 Å². The maximum atomic E-state index is 13.0. The van der Waals surface area contributed by atoms with E-state index in [0.717, 1.165) is 31.2 Å². The van der Waals surface area contributed by atoms with Crippen molar-refractivity contribution in [2.45, 2.75) is 31.8 Å². The average molecular weight is 385 g/mol. The van der Waals surface area contributed by atoms with Crippen LogP contribution in [0.4, 0.5) is 5.69 Å². The minimum atomic E-state index is -0.167. The van der Waals surface area contributed by atoms with E-state index in [0.29, 0.717) is 30.6 Å². The third-order valence-electron chi connectivity index (χ3n) is 6.42. The summed E-state index contributed by atoms with van der Waals surface area (Å²) in [5.74, 6) is 1.27. The van der Waals surface area contributed by atoms with Crippen molar-refractivity contribution >= 4 is 17.5 Å². The number of hydrogen-bond donors (Lipinski definition) is 0. The molecule has 0 radical (unpaired) electrons. The standard InChI is InChI=1S/C21H27N3O4/c1-14-2-5-19-17(8-14)24(21(26)13-28-19)10-20(25)22-6-7-23-16(9-22)11-27-12-18(23)15-3-4-15/h2,5,8,15-16,18H,3-4,6-7,9-13H2,1H3/t16-,18-/m1/s1. The van der Waals surface area contributed by atoms with E-state index >= 15 is 0 Å². The third-order valence-corrected chi connectivity index (χ3v) is 6.42. The van der Waals surface area contributed by atoms with Crippen molar-refractivity contribution in [1.82, 2.24) is 9.80 Å². The number of benzene rings is 1. The zero-order valence-electron chi connectivity index (χ0n) is 16.3. The van der Waals surface area contributed by atoms with Gasteiger partial charge < -0.3 is 14.4 Å². The topological polar surface area (TPSA) is 62.3 Å². The Morgan fingerprint density at radius 3 is 2.89 bits per heavy atom. The normalized spacial score (nSPS) is 27.8. The predicted molar refractivity (Wildman–Crippen MR) is 103 cm³/mol. The Balaban J connectivity index is 1.28. The van der Waals surface area contributed by atoms with Crippen molar-refractivity contribution in [3.63, 3.8) is 0 Å². The van der Waals surface area contributed by atoms with Crippen LogP contribution in [-0.2, 0) is 14.3 Å². The van der Waals surface area contributed by atoms with Gasteiger partial charge in [-0.05, 0) is 43.4 Å². The van der Waals surface area contributed by atoms with Crippen LogP contribution in [-0.4, -0.2) is 79.7 Å². The summed E-state index contributed by atoms with van der Waals surface area (Å²) in [5.41, 5.74) is 1.73. The molecule has 7 nitrogen and oxygen atoms in total. The van der Waals surface area contributed by atoms with Crippen molar-refractivity contribution in [2.75, 3.05) is 50.9 Å². The molecular weight excluding hydrogens is 358 g/mol. The fourth-order valence-electron chi connectivity index (χ4n) is 4.71. The molecule has 2 saturated heterocycles. The molecule has 1 saturated carbocycles. The molecule has 28 heavy (non-hydrogen) atoms. The van der Waals surface area contributed by atoms with Crippen LogP contribution in [0.2, 0.25) is 0 Å². The van der Waals surface area contributed by atoms with E-state index in [4.69, 9.17) is 9.47 Å². The summed E-state index contributed by atoms with van der Waals surface area (Å²) in [7, 11) is 0. The molecule has 0 aromatic heterocycles. The molecule has 2 atom stereocenters. The number of ether oxygens (including phenoxy) is 2. The first-order valence-corrected chi connectivity index (χ1v) is 10.3. The molecule has 3 fully saturated rings. The summed E-state index contributed by atoms with van der Waals surface area (Å²) in [4.78, 5) is 31.5. The van der Waals surface area contributed by atoms with Crippen LogP contribution in [0.1, 0.15) is 18.4 Å². The van der Waals surface area contributed by atoms with Crippen LogP contribution in [0.5, 0.6) is 5.75 Å². The van der Waals surface area contributed by atoms with Crippen LogP contribution >= 0.6 is 0 Å². The Morgan fingerprint density at radius 2 is 2.07 bits per heavy atom. The molecule has 1 aliphatic carbocycles. The number of anilines is 1. The minimum Gasteiger partial charge on any atom is -0.482 e. The largest absolute Gasteiger partial charge is 0.482 e. The molecule has 150 valence electrons. The second-order valence-corrected chi connectivity index (χ2v) is 8.41. The van der Waals surface area contributed by atoms with Gasteiger partial charge in [0.25, 0.3) is 5.91 Å². The fraction of sp³-hybridized carbons (Fsp3) is 0.619. The van der Waals surface area contributed by atoms with Gasteiger partial charge in [-0.1, -0.05) is 6.07 Å². The second kappa shape index (κ2) is 7.04. The highest BCUT2D eigenvalue weighted by atomic mass is 16.5. The number of aryl methyl sites for hydroxylation is 1. The first-order chi connectivity index (χ1) is 13.6. The monoisotopic (exact) mass is 385 g/mol. The first-order valence-electron chi connectivity index (χ1n) is 10.3. The number of fused-ring (bicyclic) bond motifs is 2. The number of amides is 2. The average Bonchev–Trinajstić information content (AvgIpc) is 3.54. The maximum absolute atomic E-state index is 13.0. The molecule has 5 rings (SSSR count). The van der Waals surface area contributed by atoms with Crippen molar-refractivity contribution < 1.29 is 19.1 Å². The molecule has 0 bridgehead atoms. The lowest BCUT2D eigenvalue weighted by Gasteiger charge is -2.48. The van der Waals surface area contributed by atoms with E-state index in [2.05, 4.69) is 4.90 Å². The van der Waals surface area contributed by atoms with E-state index in [-0.39, 0.29) is 31.0 Å². The molecular formula is C21H27N3O4. The molecule has 1 aromatic carbocycles. The molecule has 1 aromatic rings. The Hall–Kier alpha value is -2.12. The van der Waals surface area contributed by atoms with Crippen molar-refractivity contribution in [3.05, 3.63) is 23.8 Å². The van der Waals surface area contributed by atoms with Gasteiger partial charge in [-0.15, -0.1) is 0 Å². The van der Waals surface area contributed by atoms with Crippen molar-refractivity contribution in [1.29, 1.82) is 0 Å². The first kappa shape index (κ1) is 17.9. The molecule has 7 heteroatoms. The summed E-state index contributed by atoms with van der Waals surface area (Å²) in [5, 5.41) is 0. The van der Waals surface area contributed by atoms with E-state index in [9.17, 15) is 9.59 Å². The molecule has 4 aliphatic rings. The lowest BCUT2D eigenvalue weighted by molar-refractivity contribution is -0.140. The fourth-order valence-corrected chi connectivity index (χ4v) is 4.71. The van der Waals surface area contributed by atoms with Gasteiger partial charge in [0.15, 0.2) is 6.61 Å². The number of nitrogens with zero attached hydrogens (tertiary/aromatic N) is 3. The summed E-state index contributed by atoms with van der Waals surface area (Å²) in [6.07, 6.45) is 2.61. The van der Waals surface area contributed by atoms with E-state index in [1.807, 2.05) is 30.0 Å². The molecule has 2 amide bonds. The number of piperazine rings is 1. The van der Waals surface area contributed by atoms with Crippen LogP contribution in [0.15, 0.2) is 18.2 Å². The van der Waals surface area contributed by atoms with Gasteiger partial charge in [0.1, 0.15) is 12.3 Å². The van der Waals surface area contributed by atoms with Gasteiger partial charge in [-0.2, -0.15) is 0 Å². The van der Waals surface area contributed by atoms with Gasteiger partial charge >= 0.3 is 0 Å². The number of carbonyl (C=O) groups excluding carboxylic acids is 2. The number of carbonyl (C=O) groups is 2. The highest BCUT2D eigenvalue weighted by molar-refractivity contribution is 6.02. The molecule has 0 N–H and O–H groups in total. The number of hydrogen-bond acceptors (Lipinski definition) is 5. The molecule has 0 spiro atoms. The Bertz CT molecular complexity index is 794. The van der Waals surface area contributed by atoms with Gasteiger partial charge in [0.05, 0.1) is 24.9 Å². The van der Waals surface area contributed by atoms with Gasteiger partial charge in [0, 0.05) is 25.7 Å². The predicted octanol–water partition coefficient (Wildman–Crippen LogP) is 1.04.